The van der Waals surface area contributed by atoms with Gasteiger partial charge in [0, 0.05) is 30.0 Å². The van der Waals surface area contributed by atoms with Gasteiger partial charge in [0.05, 0.1) is 17.7 Å². The Morgan fingerprint density at radius 1 is 1.23 bits per heavy atom. The van der Waals surface area contributed by atoms with Crippen molar-refractivity contribution >= 4 is 33.9 Å². The smallest absolute Gasteiger partial charge is 0.262 e. The molecule has 0 aliphatic carbocycles. The largest absolute Gasteiger partial charge is 0.411 e. The van der Waals surface area contributed by atoms with Gasteiger partial charge in [-0.1, -0.05) is 5.16 Å². The average molecular weight is 410 g/mol. The molecule has 0 fully saturated rings. The predicted molar refractivity (Wildman–Crippen MR) is 118 cm³/mol. The fourth-order valence-electron chi connectivity index (χ4n) is 3.01. The number of hydrogen-bond acceptors (Lipinski definition) is 8. The number of nitrogens with one attached hydrogen (secondary N) is 2. The Morgan fingerprint density at radius 2 is 2.00 bits per heavy atom. The predicted octanol–water partition coefficient (Wildman–Crippen LogP) is 2.94. The first-order chi connectivity index (χ1) is 14.2. The van der Waals surface area contributed by atoms with E-state index in [0.29, 0.717) is 33.9 Å². The van der Waals surface area contributed by atoms with Crippen molar-refractivity contribution in [3.05, 3.63) is 52.6 Å². The standard InChI is InChI=1S/C21H26N6O3/c1-13(26-30)14-5-7-22-16(11-14)23-17-12-15-6-8-27(9-10-28)20(29)18(15)19(24-17)25-21(2,3)4/h5-8,11-12,28,30H,9-10H2,1-4H3,(H2,22,23,24,25). The first kappa shape index (κ1) is 21.3. The van der Waals surface area contributed by atoms with E-state index in [1.54, 1.807) is 37.5 Å². The third-order valence-corrected chi connectivity index (χ3v) is 4.38. The summed E-state index contributed by atoms with van der Waals surface area (Å²) in [5.41, 5.74) is 0.639. The summed E-state index contributed by atoms with van der Waals surface area (Å²) in [6.45, 7) is 7.73. The highest BCUT2D eigenvalue weighted by atomic mass is 16.4. The summed E-state index contributed by atoms with van der Waals surface area (Å²) in [5, 5.41) is 29.1. The molecule has 0 unspecified atom stereocenters. The molecule has 3 aromatic heterocycles. The van der Waals surface area contributed by atoms with Gasteiger partial charge in [0.2, 0.25) is 0 Å². The van der Waals surface area contributed by atoms with Gasteiger partial charge in [-0.25, -0.2) is 9.97 Å². The molecule has 0 bridgehead atoms. The van der Waals surface area contributed by atoms with Crippen LogP contribution in [-0.4, -0.2) is 42.7 Å². The lowest BCUT2D eigenvalue weighted by Gasteiger charge is -2.23. The molecule has 0 aliphatic heterocycles. The van der Waals surface area contributed by atoms with Crippen molar-refractivity contribution in [1.82, 2.24) is 14.5 Å². The normalized spacial score (nSPS) is 12.2. The summed E-state index contributed by atoms with van der Waals surface area (Å²) < 4.78 is 1.47. The topological polar surface area (TPSA) is 125 Å². The number of nitrogens with zero attached hydrogens (tertiary/aromatic N) is 4. The second-order valence-electron chi connectivity index (χ2n) is 7.97. The zero-order valence-corrected chi connectivity index (χ0v) is 17.5. The van der Waals surface area contributed by atoms with E-state index in [1.807, 2.05) is 26.8 Å². The highest BCUT2D eigenvalue weighted by Gasteiger charge is 2.17. The van der Waals surface area contributed by atoms with Gasteiger partial charge in [-0.05, 0) is 57.3 Å². The molecule has 3 heterocycles. The van der Waals surface area contributed by atoms with Gasteiger partial charge in [0.15, 0.2) is 0 Å². The number of pyridine rings is 3. The number of aromatic nitrogens is 3. The van der Waals surface area contributed by atoms with Crippen LogP contribution < -0.4 is 16.2 Å². The molecule has 0 saturated heterocycles. The maximum Gasteiger partial charge on any atom is 0.262 e. The molecule has 4 N–H and O–H groups in total. The van der Waals surface area contributed by atoms with Crippen LogP contribution in [0, 0.1) is 0 Å². The maximum atomic E-state index is 12.9. The van der Waals surface area contributed by atoms with Crippen LogP contribution in [0.2, 0.25) is 0 Å². The molecular formula is C21H26N6O3. The maximum absolute atomic E-state index is 12.9. The molecule has 158 valence electrons. The molecule has 0 radical (unpaired) electrons. The van der Waals surface area contributed by atoms with Crippen molar-refractivity contribution < 1.29 is 10.3 Å². The number of fused-ring (bicyclic) bond motifs is 1. The second kappa shape index (κ2) is 8.50. The average Bonchev–Trinajstić information content (AvgIpc) is 2.68. The summed E-state index contributed by atoms with van der Waals surface area (Å²) in [7, 11) is 0. The quantitative estimate of drug-likeness (QED) is 0.280. The van der Waals surface area contributed by atoms with E-state index in [-0.39, 0.29) is 24.2 Å². The minimum Gasteiger partial charge on any atom is -0.411 e. The number of anilines is 3. The molecule has 0 saturated carbocycles. The van der Waals surface area contributed by atoms with E-state index in [1.165, 1.54) is 4.57 Å². The first-order valence-corrected chi connectivity index (χ1v) is 9.57. The molecule has 0 amide bonds. The van der Waals surface area contributed by atoms with Gasteiger partial charge in [0.25, 0.3) is 5.56 Å². The van der Waals surface area contributed by atoms with Crippen LogP contribution in [0.5, 0.6) is 0 Å². The van der Waals surface area contributed by atoms with Crippen molar-refractivity contribution in [3.8, 4) is 0 Å². The zero-order chi connectivity index (χ0) is 21.9. The molecule has 0 aromatic carbocycles. The van der Waals surface area contributed by atoms with E-state index in [0.717, 1.165) is 5.56 Å². The Kier molecular flexibility index (Phi) is 6.02. The summed E-state index contributed by atoms with van der Waals surface area (Å²) in [5.74, 6) is 1.48. The SMILES string of the molecule is CC(=NO)c1ccnc(Nc2cc3ccn(CCO)c(=O)c3c(NC(C)(C)C)n2)c1. The summed E-state index contributed by atoms with van der Waals surface area (Å²) in [6, 6.07) is 7.08. The summed E-state index contributed by atoms with van der Waals surface area (Å²) in [4.78, 5) is 21.9. The van der Waals surface area contributed by atoms with Crippen molar-refractivity contribution in [2.24, 2.45) is 5.16 Å². The van der Waals surface area contributed by atoms with Crippen molar-refractivity contribution in [2.45, 2.75) is 39.8 Å². The van der Waals surface area contributed by atoms with Crippen LogP contribution in [0.25, 0.3) is 10.8 Å². The zero-order valence-electron chi connectivity index (χ0n) is 17.5. The minimum absolute atomic E-state index is 0.126. The van der Waals surface area contributed by atoms with E-state index in [2.05, 4.69) is 25.8 Å². The van der Waals surface area contributed by atoms with Crippen molar-refractivity contribution in [2.75, 3.05) is 17.2 Å². The van der Waals surface area contributed by atoms with E-state index >= 15 is 0 Å². The van der Waals surface area contributed by atoms with Gasteiger partial charge in [-0.3, -0.25) is 4.79 Å². The van der Waals surface area contributed by atoms with E-state index < -0.39 is 0 Å². The van der Waals surface area contributed by atoms with Crippen LogP contribution >= 0.6 is 0 Å². The Morgan fingerprint density at radius 3 is 2.67 bits per heavy atom. The summed E-state index contributed by atoms with van der Waals surface area (Å²) >= 11 is 0. The third kappa shape index (κ3) is 4.74. The van der Waals surface area contributed by atoms with E-state index in [9.17, 15) is 9.90 Å². The lowest BCUT2D eigenvalue weighted by atomic mass is 10.1. The van der Waals surface area contributed by atoms with E-state index in [4.69, 9.17) is 5.21 Å². The molecular weight excluding hydrogens is 384 g/mol. The van der Waals surface area contributed by atoms with Gasteiger partial charge in [-0.15, -0.1) is 0 Å². The van der Waals surface area contributed by atoms with Crippen LogP contribution in [0.4, 0.5) is 17.5 Å². The second-order valence-corrected chi connectivity index (χ2v) is 7.97. The molecule has 3 rings (SSSR count). The van der Waals surface area contributed by atoms with Crippen LogP contribution in [0.1, 0.15) is 33.3 Å². The number of aliphatic hydroxyl groups excluding tert-OH is 1. The van der Waals surface area contributed by atoms with Crippen LogP contribution in [0.3, 0.4) is 0 Å². The van der Waals surface area contributed by atoms with Gasteiger partial charge < -0.3 is 25.5 Å². The molecule has 3 aromatic rings. The van der Waals surface area contributed by atoms with Crippen LogP contribution in [-0.2, 0) is 6.54 Å². The van der Waals surface area contributed by atoms with Gasteiger partial charge in [0.1, 0.15) is 17.5 Å². The first-order valence-electron chi connectivity index (χ1n) is 9.57. The number of aliphatic hydroxyl groups is 1. The van der Waals surface area contributed by atoms with Crippen molar-refractivity contribution in [3.63, 3.8) is 0 Å². The number of oxime groups is 1. The third-order valence-electron chi connectivity index (χ3n) is 4.38. The monoisotopic (exact) mass is 410 g/mol. The summed E-state index contributed by atoms with van der Waals surface area (Å²) in [6.07, 6.45) is 3.26. The number of rotatable bonds is 6. The molecule has 0 atom stereocenters. The Bertz CT molecular complexity index is 1150. The Balaban J connectivity index is 2.11. The lowest BCUT2D eigenvalue weighted by Crippen LogP contribution is -2.29. The molecule has 0 spiro atoms. The highest BCUT2D eigenvalue weighted by Crippen LogP contribution is 2.26. The van der Waals surface area contributed by atoms with Crippen LogP contribution in [0.15, 0.2) is 46.6 Å². The fraction of sp³-hybridized carbons (Fsp3) is 0.333. The molecule has 9 nitrogen and oxygen atoms in total. The molecule has 9 heteroatoms. The fourth-order valence-corrected chi connectivity index (χ4v) is 3.01. The van der Waals surface area contributed by atoms with Gasteiger partial charge in [-0.2, -0.15) is 0 Å². The molecule has 0 aliphatic rings. The minimum atomic E-state index is -0.324. The van der Waals surface area contributed by atoms with Gasteiger partial charge >= 0.3 is 0 Å². The highest BCUT2D eigenvalue weighted by molar-refractivity contribution is 5.99. The lowest BCUT2D eigenvalue weighted by molar-refractivity contribution is 0.274. The number of hydrogen-bond donors (Lipinski definition) is 4. The molecule has 30 heavy (non-hydrogen) atoms. The Labute approximate surface area is 174 Å². The van der Waals surface area contributed by atoms with Crippen molar-refractivity contribution in [1.29, 1.82) is 0 Å². The Hall–Kier alpha value is -3.46.